The second-order valence-corrected chi connectivity index (χ2v) is 5.21. The Morgan fingerprint density at radius 2 is 2.00 bits per heavy atom. The van der Waals surface area contributed by atoms with Crippen LogP contribution in [0, 0.1) is 6.92 Å². The summed E-state index contributed by atoms with van der Waals surface area (Å²) >= 11 is 0. The quantitative estimate of drug-likeness (QED) is 0.850. The minimum absolute atomic E-state index is 0.153. The van der Waals surface area contributed by atoms with Crippen molar-refractivity contribution in [3.63, 3.8) is 0 Å². The van der Waals surface area contributed by atoms with Crippen LogP contribution in [0.3, 0.4) is 0 Å². The van der Waals surface area contributed by atoms with E-state index < -0.39 is 5.97 Å². The third kappa shape index (κ3) is 4.04. The lowest BCUT2D eigenvalue weighted by Gasteiger charge is -2.20. The van der Waals surface area contributed by atoms with Gasteiger partial charge in [-0.15, -0.1) is 0 Å². The minimum Gasteiger partial charge on any atom is -0.480 e. The van der Waals surface area contributed by atoms with Crippen LogP contribution < -0.4 is 0 Å². The van der Waals surface area contributed by atoms with Gasteiger partial charge < -0.3 is 5.11 Å². The molecule has 0 aliphatic carbocycles. The SMILES string of the molecule is Cc1nn(C)cc1CN1CCCN(CC(=O)O)CC1. The molecule has 1 aromatic heterocycles. The van der Waals surface area contributed by atoms with Crippen LogP contribution in [0.2, 0.25) is 0 Å². The molecule has 19 heavy (non-hydrogen) atoms. The Morgan fingerprint density at radius 3 is 2.63 bits per heavy atom. The molecule has 0 bridgehead atoms. The van der Waals surface area contributed by atoms with Crippen LogP contribution >= 0.6 is 0 Å². The number of hydrogen-bond acceptors (Lipinski definition) is 4. The first-order valence-corrected chi connectivity index (χ1v) is 6.70. The molecule has 0 atom stereocenters. The van der Waals surface area contributed by atoms with E-state index in [0.717, 1.165) is 44.8 Å². The van der Waals surface area contributed by atoms with Gasteiger partial charge in [-0.05, 0) is 19.9 Å². The molecule has 0 unspecified atom stereocenters. The van der Waals surface area contributed by atoms with E-state index in [9.17, 15) is 4.79 Å². The highest BCUT2D eigenvalue weighted by Crippen LogP contribution is 2.11. The van der Waals surface area contributed by atoms with Crippen LogP contribution in [0.5, 0.6) is 0 Å². The third-order valence-electron chi connectivity index (χ3n) is 3.55. The summed E-state index contributed by atoms with van der Waals surface area (Å²) in [5.41, 5.74) is 2.34. The Balaban J connectivity index is 1.89. The van der Waals surface area contributed by atoms with E-state index >= 15 is 0 Å². The van der Waals surface area contributed by atoms with Crippen molar-refractivity contribution >= 4 is 5.97 Å². The Kier molecular flexibility index (Phi) is 4.55. The summed E-state index contributed by atoms with van der Waals surface area (Å²) in [5.74, 6) is -0.739. The van der Waals surface area contributed by atoms with Gasteiger partial charge >= 0.3 is 5.97 Å². The minimum atomic E-state index is -0.739. The molecule has 1 aliphatic heterocycles. The zero-order valence-corrected chi connectivity index (χ0v) is 11.7. The van der Waals surface area contributed by atoms with E-state index in [1.165, 1.54) is 5.56 Å². The van der Waals surface area contributed by atoms with E-state index in [1.807, 2.05) is 23.6 Å². The number of aliphatic carboxylic acids is 1. The maximum absolute atomic E-state index is 10.7. The molecular formula is C13H22N4O2. The second-order valence-electron chi connectivity index (χ2n) is 5.21. The maximum Gasteiger partial charge on any atom is 0.317 e. The number of carbonyl (C=O) groups is 1. The van der Waals surface area contributed by atoms with Gasteiger partial charge in [0.2, 0.25) is 0 Å². The molecule has 0 aromatic carbocycles. The molecular weight excluding hydrogens is 244 g/mol. The van der Waals surface area contributed by atoms with Crippen molar-refractivity contribution in [3.05, 3.63) is 17.5 Å². The van der Waals surface area contributed by atoms with E-state index in [0.29, 0.717) is 0 Å². The Labute approximate surface area is 113 Å². The van der Waals surface area contributed by atoms with Gasteiger partial charge in [0.05, 0.1) is 12.2 Å². The number of nitrogens with zero attached hydrogens (tertiary/aromatic N) is 4. The molecule has 2 rings (SSSR count). The summed E-state index contributed by atoms with van der Waals surface area (Å²) in [5, 5.41) is 13.2. The maximum atomic E-state index is 10.7. The lowest BCUT2D eigenvalue weighted by molar-refractivity contribution is -0.138. The van der Waals surface area contributed by atoms with Gasteiger partial charge in [0.15, 0.2) is 0 Å². The number of rotatable bonds is 4. The van der Waals surface area contributed by atoms with Crippen molar-refractivity contribution in [2.24, 2.45) is 7.05 Å². The molecule has 1 saturated heterocycles. The topological polar surface area (TPSA) is 61.6 Å². The number of carboxylic acids is 1. The van der Waals surface area contributed by atoms with Crippen molar-refractivity contribution in [1.29, 1.82) is 0 Å². The lowest BCUT2D eigenvalue weighted by Crippen LogP contribution is -2.34. The molecule has 2 heterocycles. The molecule has 0 saturated carbocycles. The number of carboxylic acid groups (broad SMARTS) is 1. The fraction of sp³-hybridized carbons (Fsp3) is 0.692. The monoisotopic (exact) mass is 266 g/mol. The largest absolute Gasteiger partial charge is 0.480 e. The van der Waals surface area contributed by atoms with Crippen molar-refractivity contribution < 1.29 is 9.90 Å². The zero-order valence-electron chi connectivity index (χ0n) is 11.7. The molecule has 0 radical (unpaired) electrons. The van der Waals surface area contributed by atoms with Crippen LogP contribution in [0.25, 0.3) is 0 Å². The fourth-order valence-corrected chi connectivity index (χ4v) is 2.58. The molecule has 1 aromatic rings. The van der Waals surface area contributed by atoms with Crippen molar-refractivity contribution in [2.45, 2.75) is 19.9 Å². The average molecular weight is 266 g/mol. The van der Waals surface area contributed by atoms with Crippen LogP contribution in [0.4, 0.5) is 0 Å². The predicted octanol–water partition coefficient (Wildman–Crippen LogP) is 0.321. The predicted molar refractivity (Wildman–Crippen MR) is 71.9 cm³/mol. The first kappa shape index (κ1) is 14.0. The molecule has 6 nitrogen and oxygen atoms in total. The molecule has 0 spiro atoms. The van der Waals surface area contributed by atoms with E-state index in [1.54, 1.807) is 0 Å². The summed E-state index contributed by atoms with van der Waals surface area (Å²) in [7, 11) is 1.94. The van der Waals surface area contributed by atoms with E-state index in [-0.39, 0.29) is 6.54 Å². The van der Waals surface area contributed by atoms with Gasteiger partial charge in [-0.25, -0.2) is 0 Å². The summed E-state index contributed by atoms with van der Waals surface area (Å²) in [6, 6.07) is 0. The standard InChI is InChI=1S/C13H22N4O2/c1-11-12(8-15(2)14-11)9-16-4-3-5-17(7-6-16)10-13(18)19/h8H,3-7,9-10H2,1-2H3,(H,18,19). The number of aryl methyl sites for hydroxylation is 2. The molecule has 0 amide bonds. The van der Waals surface area contributed by atoms with Crippen LogP contribution in [0.15, 0.2) is 6.20 Å². The van der Waals surface area contributed by atoms with Crippen LogP contribution in [0.1, 0.15) is 17.7 Å². The Hall–Kier alpha value is -1.40. The third-order valence-corrected chi connectivity index (χ3v) is 3.55. The van der Waals surface area contributed by atoms with E-state index in [4.69, 9.17) is 5.11 Å². The van der Waals surface area contributed by atoms with Gasteiger partial charge in [-0.2, -0.15) is 5.10 Å². The number of hydrogen-bond donors (Lipinski definition) is 1. The highest BCUT2D eigenvalue weighted by molar-refractivity contribution is 5.69. The Morgan fingerprint density at radius 1 is 1.32 bits per heavy atom. The summed E-state index contributed by atoms with van der Waals surface area (Å²) in [6.45, 7) is 6.72. The second kappa shape index (κ2) is 6.16. The molecule has 1 aliphatic rings. The first-order chi connectivity index (χ1) is 9.04. The fourth-order valence-electron chi connectivity index (χ4n) is 2.58. The summed E-state index contributed by atoms with van der Waals surface area (Å²) in [6.07, 6.45) is 3.09. The van der Waals surface area contributed by atoms with Crippen molar-refractivity contribution in [3.8, 4) is 0 Å². The first-order valence-electron chi connectivity index (χ1n) is 6.70. The van der Waals surface area contributed by atoms with Gasteiger partial charge in [0.25, 0.3) is 0 Å². The average Bonchev–Trinajstić information content (AvgIpc) is 2.50. The molecule has 1 N–H and O–H groups in total. The van der Waals surface area contributed by atoms with Gasteiger partial charge in [0.1, 0.15) is 0 Å². The van der Waals surface area contributed by atoms with Gasteiger partial charge in [0, 0.05) is 45.0 Å². The van der Waals surface area contributed by atoms with Gasteiger partial charge in [-0.1, -0.05) is 0 Å². The summed E-state index contributed by atoms with van der Waals surface area (Å²) in [4.78, 5) is 15.1. The molecule has 106 valence electrons. The van der Waals surface area contributed by atoms with Crippen LogP contribution in [-0.4, -0.2) is 63.4 Å². The highest BCUT2D eigenvalue weighted by Gasteiger charge is 2.17. The lowest BCUT2D eigenvalue weighted by atomic mass is 10.2. The highest BCUT2D eigenvalue weighted by atomic mass is 16.4. The van der Waals surface area contributed by atoms with Gasteiger partial charge in [-0.3, -0.25) is 19.3 Å². The number of aromatic nitrogens is 2. The van der Waals surface area contributed by atoms with Crippen molar-refractivity contribution in [2.75, 3.05) is 32.7 Å². The smallest absolute Gasteiger partial charge is 0.317 e. The molecule has 6 heteroatoms. The molecule has 1 fully saturated rings. The van der Waals surface area contributed by atoms with Crippen molar-refractivity contribution in [1.82, 2.24) is 19.6 Å². The zero-order chi connectivity index (χ0) is 13.8. The normalized spacial score (nSPS) is 18.4. The van der Waals surface area contributed by atoms with Crippen LogP contribution in [-0.2, 0) is 18.4 Å². The summed E-state index contributed by atoms with van der Waals surface area (Å²) < 4.78 is 1.85. The Bertz CT molecular complexity index is 444. The van der Waals surface area contributed by atoms with E-state index in [2.05, 4.69) is 16.2 Å².